The van der Waals surface area contributed by atoms with Gasteiger partial charge in [0.2, 0.25) is 11.8 Å². The molecule has 4 aromatic rings. The van der Waals surface area contributed by atoms with Gasteiger partial charge in [0.15, 0.2) is 0 Å². The fourth-order valence-electron chi connectivity index (χ4n) is 4.45. The maximum Gasteiger partial charge on any atom is 0.243 e. The second-order valence-electron chi connectivity index (χ2n) is 9.41. The number of carbonyl (C=O) groups is 2. The third-order valence-electron chi connectivity index (χ3n) is 6.61. The fourth-order valence-corrected chi connectivity index (χ4v) is 4.58. The molecule has 0 aliphatic carbocycles. The smallest absolute Gasteiger partial charge is 0.243 e. The maximum absolute atomic E-state index is 13.8. The molecule has 0 fully saturated rings. The van der Waals surface area contributed by atoms with Crippen LogP contribution in [-0.2, 0) is 35.4 Å². The average molecular weight is 541 g/mol. The maximum atomic E-state index is 13.8. The first-order valence-electron chi connectivity index (χ1n) is 13.0. The number of hydrogen-bond donors (Lipinski definition) is 1. The molecular formula is C33H33ClN2O3. The molecule has 0 spiro atoms. The van der Waals surface area contributed by atoms with Gasteiger partial charge in [0.1, 0.15) is 11.8 Å². The molecule has 0 bridgehead atoms. The molecule has 5 nitrogen and oxygen atoms in total. The van der Waals surface area contributed by atoms with Crippen LogP contribution in [0.1, 0.15) is 22.3 Å². The van der Waals surface area contributed by atoms with Crippen molar-refractivity contribution in [2.45, 2.75) is 31.8 Å². The van der Waals surface area contributed by atoms with Crippen molar-refractivity contribution >= 4 is 23.4 Å². The summed E-state index contributed by atoms with van der Waals surface area (Å²) in [5.74, 6) is 0.428. The zero-order chi connectivity index (χ0) is 27.5. The Labute approximate surface area is 235 Å². The number of benzene rings is 4. The van der Waals surface area contributed by atoms with Gasteiger partial charge in [-0.3, -0.25) is 9.59 Å². The Balaban J connectivity index is 1.60. The summed E-state index contributed by atoms with van der Waals surface area (Å²) in [5, 5.41) is 3.70. The van der Waals surface area contributed by atoms with E-state index in [1.165, 1.54) is 0 Å². The van der Waals surface area contributed by atoms with Gasteiger partial charge < -0.3 is 15.0 Å². The normalized spacial score (nSPS) is 11.4. The molecule has 4 aromatic carbocycles. The molecule has 0 unspecified atom stereocenters. The first kappa shape index (κ1) is 27.9. The van der Waals surface area contributed by atoms with Crippen molar-refractivity contribution < 1.29 is 14.3 Å². The molecule has 4 rings (SSSR count). The van der Waals surface area contributed by atoms with E-state index in [4.69, 9.17) is 16.3 Å². The molecule has 2 amide bonds. The standard InChI is InChI=1S/C33H33ClN2O3/c1-39-30-18-14-28(15-19-30)24-36(32(37)23-27-12-16-29(34)17-13-27)31(22-26-10-6-3-7-11-26)33(38)35-21-20-25-8-4-2-5-9-25/h2-19,31H,20-24H2,1H3,(H,35,38)/t31-/m1/s1. The van der Waals surface area contributed by atoms with Gasteiger partial charge in [-0.1, -0.05) is 96.5 Å². The minimum atomic E-state index is -0.690. The summed E-state index contributed by atoms with van der Waals surface area (Å²) in [6.07, 6.45) is 1.28. The Morgan fingerprint density at radius 2 is 1.36 bits per heavy atom. The summed E-state index contributed by atoms with van der Waals surface area (Å²) in [4.78, 5) is 29.3. The number of halogens is 1. The molecule has 0 heterocycles. The number of nitrogens with one attached hydrogen (secondary N) is 1. The number of methoxy groups -OCH3 is 1. The van der Waals surface area contributed by atoms with Crippen LogP contribution in [0.4, 0.5) is 0 Å². The molecule has 0 aliphatic heterocycles. The minimum Gasteiger partial charge on any atom is -0.497 e. The fraction of sp³-hybridized carbons (Fsp3) is 0.212. The monoisotopic (exact) mass is 540 g/mol. The van der Waals surface area contributed by atoms with Gasteiger partial charge in [0.05, 0.1) is 13.5 Å². The van der Waals surface area contributed by atoms with Crippen molar-refractivity contribution in [3.63, 3.8) is 0 Å². The van der Waals surface area contributed by atoms with E-state index in [0.717, 1.165) is 28.0 Å². The number of nitrogens with zero attached hydrogens (tertiary/aromatic N) is 1. The van der Waals surface area contributed by atoms with Gasteiger partial charge in [-0.2, -0.15) is 0 Å². The van der Waals surface area contributed by atoms with Gasteiger partial charge in [-0.15, -0.1) is 0 Å². The summed E-state index contributed by atoms with van der Waals surface area (Å²) in [6, 6.07) is 34.0. The van der Waals surface area contributed by atoms with Gasteiger partial charge in [-0.05, 0) is 52.9 Å². The second-order valence-corrected chi connectivity index (χ2v) is 9.84. The van der Waals surface area contributed by atoms with Crippen LogP contribution in [-0.4, -0.2) is 36.4 Å². The Morgan fingerprint density at radius 1 is 0.769 bits per heavy atom. The topological polar surface area (TPSA) is 58.6 Å². The Hall–Kier alpha value is -4.09. The quantitative estimate of drug-likeness (QED) is 0.244. The Morgan fingerprint density at radius 3 is 1.97 bits per heavy atom. The van der Waals surface area contributed by atoms with Crippen molar-refractivity contribution in [2.75, 3.05) is 13.7 Å². The van der Waals surface area contributed by atoms with Crippen LogP contribution in [0.3, 0.4) is 0 Å². The van der Waals surface area contributed by atoms with Crippen molar-refractivity contribution in [2.24, 2.45) is 0 Å². The third-order valence-corrected chi connectivity index (χ3v) is 6.86. The molecule has 0 saturated carbocycles. The van der Waals surface area contributed by atoms with E-state index < -0.39 is 6.04 Å². The minimum absolute atomic E-state index is 0.132. The van der Waals surface area contributed by atoms with E-state index in [2.05, 4.69) is 5.32 Å². The molecule has 1 N–H and O–H groups in total. The van der Waals surface area contributed by atoms with E-state index in [-0.39, 0.29) is 18.2 Å². The van der Waals surface area contributed by atoms with Crippen molar-refractivity contribution in [3.8, 4) is 5.75 Å². The van der Waals surface area contributed by atoms with Gasteiger partial charge in [-0.25, -0.2) is 0 Å². The van der Waals surface area contributed by atoms with Crippen LogP contribution >= 0.6 is 11.6 Å². The van der Waals surface area contributed by atoms with Crippen LogP contribution < -0.4 is 10.1 Å². The number of rotatable bonds is 12. The number of hydrogen-bond acceptors (Lipinski definition) is 3. The summed E-state index contributed by atoms with van der Waals surface area (Å²) < 4.78 is 5.30. The van der Waals surface area contributed by atoms with Crippen LogP contribution in [0.25, 0.3) is 0 Å². The highest BCUT2D eigenvalue weighted by Gasteiger charge is 2.30. The molecule has 6 heteroatoms. The highest BCUT2D eigenvalue weighted by molar-refractivity contribution is 6.30. The van der Waals surface area contributed by atoms with Crippen LogP contribution in [0.15, 0.2) is 109 Å². The Kier molecular flexibility index (Phi) is 10.1. The van der Waals surface area contributed by atoms with Gasteiger partial charge >= 0.3 is 0 Å². The SMILES string of the molecule is COc1ccc(CN(C(=O)Cc2ccc(Cl)cc2)[C@H](Cc2ccccc2)C(=O)NCCc2ccccc2)cc1. The summed E-state index contributed by atoms with van der Waals surface area (Å²) in [5.41, 5.74) is 3.88. The molecule has 200 valence electrons. The van der Waals surface area contributed by atoms with Crippen LogP contribution in [0.5, 0.6) is 5.75 Å². The van der Waals surface area contributed by atoms with Crippen LogP contribution in [0, 0.1) is 0 Å². The van der Waals surface area contributed by atoms with Gasteiger partial charge in [0, 0.05) is 24.5 Å². The molecule has 0 radical (unpaired) electrons. The highest BCUT2D eigenvalue weighted by Crippen LogP contribution is 2.19. The molecule has 1 atom stereocenters. The summed E-state index contributed by atoms with van der Waals surface area (Å²) in [7, 11) is 1.62. The number of ether oxygens (including phenoxy) is 1. The van der Waals surface area contributed by atoms with E-state index in [9.17, 15) is 9.59 Å². The first-order valence-corrected chi connectivity index (χ1v) is 13.4. The molecule has 39 heavy (non-hydrogen) atoms. The second kappa shape index (κ2) is 14.2. The Bertz CT molecular complexity index is 1330. The number of carbonyl (C=O) groups excluding carboxylic acids is 2. The van der Waals surface area contributed by atoms with E-state index >= 15 is 0 Å². The van der Waals surface area contributed by atoms with Gasteiger partial charge in [0.25, 0.3) is 0 Å². The lowest BCUT2D eigenvalue weighted by atomic mass is 10.0. The van der Waals surface area contributed by atoms with Crippen LogP contribution in [0.2, 0.25) is 5.02 Å². The number of amides is 2. The zero-order valence-electron chi connectivity index (χ0n) is 22.1. The average Bonchev–Trinajstić information content (AvgIpc) is 2.97. The lowest BCUT2D eigenvalue weighted by Crippen LogP contribution is -2.51. The van der Waals surface area contributed by atoms with E-state index in [0.29, 0.717) is 31.0 Å². The third kappa shape index (κ3) is 8.45. The molecule has 0 aliphatic rings. The lowest BCUT2D eigenvalue weighted by Gasteiger charge is -2.32. The highest BCUT2D eigenvalue weighted by atomic mass is 35.5. The largest absolute Gasteiger partial charge is 0.497 e. The predicted octanol–water partition coefficient (Wildman–Crippen LogP) is 5.89. The first-order chi connectivity index (χ1) is 19.0. The van der Waals surface area contributed by atoms with Crippen molar-refractivity contribution in [1.82, 2.24) is 10.2 Å². The molecule has 0 saturated heterocycles. The van der Waals surface area contributed by atoms with Crippen molar-refractivity contribution in [3.05, 3.63) is 136 Å². The van der Waals surface area contributed by atoms with E-state index in [1.54, 1.807) is 24.1 Å². The van der Waals surface area contributed by atoms with Crippen molar-refractivity contribution in [1.29, 1.82) is 0 Å². The lowest BCUT2D eigenvalue weighted by molar-refractivity contribution is -0.140. The summed E-state index contributed by atoms with van der Waals surface area (Å²) >= 11 is 6.06. The predicted molar refractivity (Wildman–Crippen MR) is 156 cm³/mol. The van der Waals surface area contributed by atoms with E-state index in [1.807, 2.05) is 97.1 Å². The molecule has 0 aromatic heterocycles. The molecular weight excluding hydrogens is 508 g/mol. The summed E-state index contributed by atoms with van der Waals surface area (Å²) in [6.45, 7) is 0.774. The zero-order valence-corrected chi connectivity index (χ0v) is 22.8.